The van der Waals surface area contributed by atoms with E-state index < -0.39 is 0 Å². The molecule has 1 aromatic heterocycles. The highest BCUT2D eigenvalue weighted by molar-refractivity contribution is 6.30. The van der Waals surface area contributed by atoms with Crippen LogP contribution < -0.4 is 5.32 Å². The van der Waals surface area contributed by atoms with E-state index in [1.807, 2.05) is 61.5 Å². The number of carbonyl (C=O) groups is 1. The van der Waals surface area contributed by atoms with Crippen molar-refractivity contribution in [1.29, 1.82) is 0 Å². The first kappa shape index (κ1) is 19.5. The van der Waals surface area contributed by atoms with Gasteiger partial charge < -0.3 is 5.32 Å². The van der Waals surface area contributed by atoms with Gasteiger partial charge in [-0.3, -0.25) is 9.89 Å². The second-order valence-electron chi connectivity index (χ2n) is 7.46. The third-order valence-corrected chi connectivity index (χ3v) is 5.64. The molecule has 1 heterocycles. The number of aromatic nitrogens is 2. The highest BCUT2D eigenvalue weighted by Gasteiger charge is 2.24. The number of halogens is 1. The number of hydrogen-bond acceptors (Lipinski definition) is 2. The van der Waals surface area contributed by atoms with Crippen LogP contribution in [0.4, 0.5) is 0 Å². The normalized spacial score (nSPS) is 16.1. The standard InChI is InChI=1S/C24H24ClN3O/c1-16(18-7-3-2-4-8-18)26-24(29)23-21-10-6-5-9-19(22(21)27-28-23)15-17-11-13-20(25)14-12-17/h2-4,7-8,11-16H,5-6,9-10H2,1H3,(H,26,29)(H,27,28)/b19-15+/t16-/m1/s1. The largest absolute Gasteiger partial charge is 0.344 e. The molecule has 4 rings (SSSR count). The first-order valence-corrected chi connectivity index (χ1v) is 10.4. The minimum Gasteiger partial charge on any atom is -0.344 e. The van der Waals surface area contributed by atoms with Gasteiger partial charge in [-0.25, -0.2) is 0 Å². The molecule has 1 aliphatic rings. The summed E-state index contributed by atoms with van der Waals surface area (Å²) < 4.78 is 0. The van der Waals surface area contributed by atoms with Crippen LogP contribution in [0, 0.1) is 0 Å². The predicted octanol–water partition coefficient (Wildman–Crippen LogP) is 5.82. The molecule has 0 spiro atoms. The molecule has 2 aromatic carbocycles. The molecule has 0 bridgehead atoms. The molecule has 148 valence electrons. The molecule has 29 heavy (non-hydrogen) atoms. The average molecular weight is 406 g/mol. The topological polar surface area (TPSA) is 57.8 Å². The number of fused-ring (bicyclic) bond motifs is 1. The number of nitrogens with one attached hydrogen (secondary N) is 2. The Bertz CT molecular complexity index is 1020. The van der Waals surface area contributed by atoms with E-state index in [9.17, 15) is 4.79 Å². The molecule has 3 aromatic rings. The molecule has 0 saturated heterocycles. The van der Waals surface area contributed by atoms with Crippen molar-refractivity contribution in [1.82, 2.24) is 15.5 Å². The number of amides is 1. The molecular formula is C24H24ClN3O. The smallest absolute Gasteiger partial charge is 0.272 e. The van der Waals surface area contributed by atoms with Gasteiger partial charge in [0, 0.05) is 10.6 Å². The number of aromatic amines is 1. The Morgan fingerprint density at radius 3 is 2.59 bits per heavy atom. The quantitative estimate of drug-likeness (QED) is 0.537. The Kier molecular flexibility index (Phi) is 5.81. The SMILES string of the molecule is C[C@@H](NC(=O)c1n[nH]c2c1CCCC/C2=C\c1ccc(Cl)cc1)c1ccccc1. The summed E-state index contributed by atoms with van der Waals surface area (Å²) in [6.45, 7) is 1.99. The van der Waals surface area contributed by atoms with Crippen LogP contribution in [-0.4, -0.2) is 16.1 Å². The lowest BCUT2D eigenvalue weighted by Crippen LogP contribution is -2.27. The van der Waals surface area contributed by atoms with Crippen LogP contribution in [0.15, 0.2) is 54.6 Å². The van der Waals surface area contributed by atoms with E-state index >= 15 is 0 Å². The molecule has 1 amide bonds. The van der Waals surface area contributed by atoms with E-state index in [4.69, 9.17) is 11.6 Å². The molecule has 4 nitrogen and oxygen atoms in total. The Labute approximate surface area is 176 Å². The van der Waals surface area contributed by atoms with Crippen LogP contribution in [0.2, 0.25) is 5.02 Å². The molecular weight excluding hydrogens is 382 g/mol. The van der Waals surface area contributed by atoms with Crippen LogP contribution in [-0.2, 0) is 6.42 Å². The third kappa shape index (κ3) is 4.43. The van der Waals surface area contributed by atoms with Crippen LogP contribution in [0.5, 0.6) is 0 Å². The van der Waals surface area contributed by atoms with Gasteiger partial charge in [0.25, 0.3) is 5.91 Å². The van der Waals surface area contributed by atoms with Crippen molar-refractivity contribution < 1.29 is 4.79 Å². The minimum atomic E-state index is -0.133. The highest BCUT2D eigenvalue weighted by Crippen LogP contribution is 2.32. The Morgan fingerprint density at radius 2 is 1.83 bits per heavy atom. The summed E-state index contributed by atoms with van der Waals surface area (Å²) in [6, 6.07) is 17.7. The van der Waals surface area contributed by atoms with E-state index in [-0.39, 0.29) is 11.9 Å². The van der Waals surface area contributed by atoms with E-state index in [1.165, 1.54) is 5.57 Å². The fourth-order valence-electron chi connectivity index (χ4n) is 3.80. The second kappa shape index (κ2) is 8.66. The van der Waals surface area contributed by atoms with Crippen molar-refractivity contribution in [3.63, 3.8) is 0 Å². The molecule has 1 atom stereocenters. The fourth-order valence-corrected chi connectivity index (χ4v) is 3.92. The maximum absolute atomic E-state index is 12.9. The molecule has 0 fully saturated rings. The van der Waals surface area contributed by atoms with Crippen molar-refractivity contribution in [2.75, 3.05) is 0 Å². The number of carbonyl (C=O) groups excluding carboxylic acids is 1. The van der Waals surface area contributed by atoms with Crippen LogP contribution >= 0.6 is 11.6 Å². The number of benzene rings is 2. The van der Waals surface area contributed by atoms with E-state index in [0.29, 0.717) is 5.69 Å². The fraction of sp³-hybridized carbons (Fsp3) is 0.250. The van der Waals surface area contributed by atoms with Gasteiger partial charge in [0.2, 0.25) is 0 Å². The van der Waals surface area contributed by atoms with Gasteiger partial charge in [-0.1, -0.05) is 54.1 Å². The number of hydrogen-bond donors (Lipinski definition) is 2. The Hall–Kier alpha value is -2.85. The third-order valence-electron chi connectivity index (χ3n) is 5.38. The first-order valence-electron chi connectivity index (χ1n) is 10.0. The zero-order valence-corrected chi connectivity index (χ0v) is 17.2. The lowest BCUT2D eigenvalue weighted by Gasteiger charge is -2.14. The van der Waals surface area contributed by atoms with Crippen molar-refractivity contribution in [3.8, 4) is 0 Å². The second-order valence-corrected chi connectivity index (χ2v) is 7.90. The highest BCUT2D eigenvalue weighted by atomic mass is 35.5. The van der Waals surface area contributed by atoms with Crippen molar-refractivity contribution in [2.24, 2.45) is 0 Å². The van der Waals surface area contributed by atoms with E-state index in [0.717, 1.165) is 53.1 Å². The summed E-state index contributed by atoms with van der Waals surface area (Å²) in [5.74, 6) is -0.133. The van der Waals surface area contributed by atoms with Crippen LogP contribution in [0.25, 0.3) is 11.6 Å². The first-order chi connectivity index (χ1) is 14.1. The Morgan fingerprint density at radius 1 is 1.10 bits per heavy atom. The zero-order valence-electron chi connectivity index (χ0n) is 16.4. The lowest BCUT2D eigenvalue weighted by molar-refractivity contribution is 0.0934. The van der Waals surface area contributed by atoms with Gasteiger partial charge in [-0.05, 0) is 67.5 Å². The molecule has 0 radical (unpaired) electrons. The average Bonchev–Trinajstić information content (AvgIpc) is 3.06. The molecule has 0 aliphatic heterocycles. The monoisotopic (exact) mass is 405 g/mol. The van der Waals surface area contributed by atoms with Crippen molar-refractivity contribution in [2.45, 2.75) is 38.6 Å². The van der Waals surface area contributed by atoms with Gasteiger partial charge in [0.05, 0.1) is 11.7 Å². The number of nitrogens with zero attached hydrogens (tertiary/aromatic N) is 1. The predicted molar refractivity (Wildman–Crippen MR) is 118 cm³/mol. The van der Waals surface area contributed by atoms with E-state index in [2.05, 4.69) is 21.6 Å². The number of H-pyrrole nitrogens is 1. The van der Waals surface area contributed by atoms with E-state index in [1.54, 1.807) is 0 Å². The summed E-state index contributed by atoms with van der Waals surface area (Å²) in [5.41, 5.74) is 5.85. The molecule has 0 unspecified atom stereocenters. The Balaban J connectivity index is 1.60. The van der Waals surface area contributed by atoms with Crippen molar-refractivity contribution >= 4 is 29.2 Å². The summed E-state index contributed by atoms with van der Waals surface area (Å²) in [5, 5.41) is 11.3. The molecule has 1 aliphatic carbocycles. The van der Waals surface area contributed by atoms with Gasteiger partial charge in [0.15, 0.2) is 5.69 Å². The van der Waals surface area contributed by atoms with Gasteiger partial charge in [-0.2, -0.15) is 5.10 Å². The zero-order chi connectivity index (χ0) is 20.2. The number of allylic oxidation sites excluding steroid dienone is 1. The van der Waals surface area contributed by atoms with Gasteiger partial charge >= 0.3 is 0 Å². The maximum atomic E-state index is 12.9. The van der Waals surface area contributed by atoms with Crippen LogP contribution in [0.1, 0.15) is 65.1 Å². The van der Waals surface area contributed by atoms with Crippen molar-refractivity contribution in [3.05, 3.63) is 87.7 Å². The molecule has 0 saturated carbocycles. The van der Waals surface area contributed by atoms with Crippen LogP contribution in [0.3, 0.4) is 0 Å². The summed E-state index contributed by atoms with van der Waals surface area (Å²) in [4.78, 5) is 12.9. The number of rotatable bonds is 4. The lowest BCUT2D eigenvalue weighted by atomic mass is 10.0. The maximum Gasteiger partial charge on any atom is 0.272 e. The minimum absolute atomic E-state index is 0.0779. The van der Waals surface area contributed by atoms with Gasteiger partial charge in [0.1, 0.15) is 0 Å². The molecule has 2 N–H and O–H groups in total. The van der Waals surface area contributed by atoms with Gasteiger partial charge in [-0.15, -0.1) is 0 Å². The summed E-state index contributed by atoms with van der Waals surface area (Å²) in [6.07, 6.45) is 6.10. The summed E-state index contributed by atoms with van der Waals surface area (Å²) >= 11 is 6.00. The summed E-state index contributed by atoms with van der Waals surface area (Å²) in [7, 11) is 0. The molecule has 5 heteroatoms.